The van der Waals surface area contributed by atoms with Gasteiger partial charge in [0.2, 0.25) is 0 Å². The fraction of sp³-hybridized carbons (Fsp3) is 0.130. The molecule has 0 saturated heterocycles. The molecule has 0 atom stereocenters. The second kappa shape index (κ2) is 8.04. The van der Waals surface area contributed by atoms with E-state index >= 15 is 0 Å². The second-order valence-corrected chi connectivity index (χ2v) is 7.69. The molecule has 1 N–H and O–H groups in total. The molecular formula is C23H20N2O4S. The summed E-state index contributed by atoms with van der Waals surface area (Å²) in [4.78, 5) is 28.7. The highest BCUT2D eigenvalue weighted by atomic mass is 32.1. The molecule has 30 heavy (non-hydrogen) atoms. The number of nitrogens with zero attached hydrogens (tertiary/aromatic N) is 1. The Morgan fingerprint density at radius 2 is 1.63 bits per heavy atom. The number of carbonyl (C=O) groups excluding carboxylic acids is 2. The van der Waals surface area contributed by atoms with Gasteiger partial charge in [-0.05, 0) is 36.1 Å². The van der Waals surface area contributed by atoms with Crippen LogP contribution in [0.1, 0.15) is 10.4 Å². The van der Waals surface area contributed by atoms with Crippen LogP contribution in [0.4, 0.5) is 11.4 Å². The lowest BCUT2D eigenvalue weighted by molar-refractivity contribution is -0.120. The van der Waals surface area contributed by atoms with Gasteiger partial charge in [0.15, 0.2) is 0 Å². The van der Waals surface area contributed by atoms with Gasteiger partial charge in [0.05, 0.1) is 25.5 Å². The van der Waals surface area contributed by atoms with Crippen LogP contribution in [0, 0.1) is 6.92 Å². The van der Waals surface area contributed by atoms with Crippen LogP contribution in [0.2, 0.25) is 0 Å². The van der Waals surface area contributed by atoms with Crippen molar-refractivity contribution in [1.82, 2.24) is 0 Å². The van der Waals surface area contributed by atoms with E-state index in [0.717, 1.165) is 21.0 Å². The second-order valence-electron chi connectivity index (χ2n) is 6.74. The zero-order valence-corrected chi connectivity index (χ0v) is 17.6. The maximum absolute atomic E-state index is 13.4. The summed E-state index contributed by atoms with van der Waals surface area (Å²) in [5.41, 5.74) is 2.76. The van der Waals surface area contributed by atoms with E-state index in [4.69, 9.17) is 9.47 Å². The topological polar surface area (TPSA) is 67.9 Å². The van der Waals surface area contributed by atoms with Gasteiger partial charge in [-0.25, -0.2) is 4.90 Å². The average Bonchev–Trinajstić information content (AvgIpc) is 3.34. The first-order chi connectivity index (χ1) is 14.5. The molecule has 0 unspecified atom stereocenters. The summed E-state index contributed by atoms with van der Waals surface area (Å²) >= 11 is 1.41. The lowest BCUT2D eigenvalue weighted by Crippen LogP contribution is -2.32. The molecular weight excluding hydrogens is 400 g/mol. The molecule has 1 aliphatic rings. The summed E-state index contributed by atoms with van der Waals surface area (Å²) in [7, 11) is 3.04. The molecule has 6 nitrogen and oxygen atoms in total. The maximum Gasteiger partial charge on any atom is 0.282 e. The lowest BCUT2D eigenvalue weighted by atomic mass is 10.1. The van der Waals surface area contributed by atoms with Gasteiger partial charge in [-0.1, -0.05) is 18.2 Å². The van der Waals surface area contributed by atoms with E-state index in [1.165, 1.54) is 25.6 Å². The molecule has 0 radical (unpaired) electrons. The fourth-order valence-corrected chi connectivity index (χ4v) is 4.09. The van der Waals surface area contributed by atoms with Crippen molar-refractivity contribution in [3.05, 3.63) is 76.1 Å². The van der Waals surface area contributed by atoms with Gasteiger partial charge in [-0.3, -0.25) is 9.59 Å². The van der Waals surface area contributed by atoms with Crippen molar-refractivity contribution in [3.63, 3.8) is 0 Å². The number of hydrogen-bond acceptors (Lipinski definition) is 6. The predicted molar refractivity (Wildman–Crippen MR) is 118 cm³/mol. The van der Waals surface area contributed by atoms with E-state index in [-0.39, 0.29) is 5.70 Å². The molecule has 0 spiro atoms. The lowest BCUT2D eigenvalue weighted by Gasteiger charge is -2.17. The standard InChI is InChI=1S/C23H20N2O4S/c1-14-6-4-7-15(10-14)24-21-20(19-8-5-9-30-19)22(26)25(23(21)27)16-11-17(28-2)13-18(12-16)29-3/h4-13,24H,1-3H3. The van der Waals surface area contributed by atoms with Crippen LogP contribution in [-0.2, 0) is 9.59 Å². The van der Waals surface area contributed by atoms with Crippen molar-refractivity contribution in [1.29, 1.82) is 0 Å². The zero-order valence-electron chi connectivity index (χ0n) is 16.8. The minimum atomic E-state index is -0.430. The van der Waals surface area contributed by atoms with Crippen LogP contribution in [-0.4, -0.2) is 26.0 Å². The first-order valence-electron chi connectivity index (χ1n) is 9.25. The first kappa shape index (κ1) is 19.7. The molecule has 3 aromatic rings. The summed E-state index contributed by atoms with van der Waals surface area (Å²) in [6.07, 6.45) is 0. The highest BCUT2D eigenvalue weighted by molar-refractivity contribution is 7.11. The fourth-order valence-electron chi connectivity index (χ4n) is 3.32. The Balaban J connectivity index is 1.81. The normalized spacial score (nSPS) is 13.8. The van der Waals surface area contributed by atoms with E-state index in [1.807, 2.05) is 48.7 Å². The van der Waals surface area contributed by atoms with Crippen molar-refractivity contribution in [2.24, 2.45) is 0 Å². The van der Waals surface area contributed by atoms with E-state index in [9.17, 15) is 9.59 Å². The molecule has 152 valence electrons. The number of imide groups is 1. The number of aryl methyl sites for hydroxylation is 1. The van der Waals surface area contributed by atoms with E-state index in [0.29, 0.717) is 22.8 Å². The summed E-state index contributed by atoms with van der Waals surface area (Å²) in [6, 6.07) is 16.3. The molecule has 0 fully saturated rings. The highest BCUT2D eigenvalue weighted by Crippen LogP contribution is 2.38. The number of amides is 2. The number of anilines is 2. The van der Waals surface area contributed by atoms with Gasteiger partial charge < -0.3 is 14.8 Å². The molecule has 0 bridgehead atoms. The third-order valence-corrected chi connectivity index (χ3v) is 5.62. The summed E-state index contributed by atoms with van der Waals surface area (Å²) in [5.74, 6) is 0.151. The molecule has 2 aromatic carbocycles. The number of hydrogen-bond donors (Lipinski definition) is 1. The molecule has 7 heteroatoms. The Morgan fingerprint density at radius 3 is 2.23 bits per heavy atom. The summed E-state index contributed by atoms with van der Waals surface area (Å²) in [6.45, 7) is 1.97. The van der Waals surface area contributed by atoms with Crippen molar-refractivity contribution >= 4 is 40.1 Å². The third kappa shape index (κ3) is 3.55. The average molecular weight is 420 g/mol. The van der Waals surface area contributed by atoms with Crippen molar-refractivity contribution < 1.29 is 19.1 Å². The van der Waals surface area contributed by atoms with Gasteiger partial charge in [-0.2, -0.15) is 0 Å². The van der Waals surface area contributed by atoms with Gasteiger partial charge in [-0.15, -0.1) is 11.3 Å². The van der Waals surface area contributed by atoms with Crippen molar-refractivity contribution in [3.8, 4) is 11.5 Å². The van der Waals surface area contributed by atoms with Crippen LogP contribution in [0.3, 0.4) is 0 Å². The molecule has 4 rings (SSSR count). The first-order valence-corrected chi connectivity index (χ1v) is 10.1. The smallest absolute Gasteiger partial charge is 0.282 e. The van der Waals surface area contributed by atoms with Crippen LogP contribution in [0.5, 0.6) is 11.5 Å². The van der Waals surface area contributed by atoms with Crippen LogP contribution >= 0.6 is 11.3 Å². The third-order valence-electron chi connectivity index (χ3n) is 4.73. The molecule has 0 saturated carbocycles. The minimum absolute atomic E-state index is 0.245. The number of carbonyl (C=O) groups is 2. The monoisotopic (exact) mass is 420 g/mol. The highest BCUT2D eigenvalue weighted by Gasteiger charge is 2.41. The molecule has 2 heterocycles. The molecule has 2 amide bonds. The number of nitrogens with one attached hydrogen (secondary N) is 1. The SMILES string of the molecule is COc1cc(OC)cc(N2C(=O)C(Nc3cccc(C)c3)=C(c3cccs3)C2=O)c1. The van der Waals surface area contributed by atoms with Crippen LogP contribution < -0.4 is 19.7 Å². The quantitative estimate of drug-likeness (QED) is 0.596. The van der Waals surface area contributed by atoms with Gasteiger partial charge in [0.1, 0.15) is 17.2 Å². The van der Waals surface area contributed by atoms with E-state index in [1.54, 1.807) is 18.2 Å². The number of benzene rings is 2. The van der Waals surface area contributed by atoms with Crippen LogP contribution in [0.25, 0.3) is 5.57 Å². The van der Waals surface area contributed by atoms with Gasteiger partial charge in [0.25, 0.3) is 11.8 Å². The van der Waals surface area contributed by atoms with Crippen molar-refractivity contribution in [2.75, 3.05) is 24.4 Å². The number of methoxy groups -OCH3 is 2. The number of thiophene rings is 1. The Kier molecular flexibility index (Phi) is 5.29. The Labute approximate surface area is 178 Å². The zero-order chi connectivity index (χ0) is 21.3. The predicted octanol–water partition coefficient (Wildman–Crippen LogP) is 4.47. The van der Waals surface area contributed by atoms with E-state index in [2.05, 4.69) is 5.32 Å². The Hall–Kier alpha value is -3.58. The van der Waals surface area contributed by atoms with Gasteiger partial charge >= 0.3 is 0 Å². The molecule has 1 aliphatic heterocycles. The molecule has 1 aromatic heterocycles. The van der Waals surface area contributed by atoms with Crippen molar-refractivity contribution in [2.45, 2.75) is 6.92 Å². The summed E-state index contributed by atoms with van der Waals surface area (Å²) < 4.78 is 10.6. The van der Waals surface area contributed by atoms with Gasteiger partial charge in [0, 0.05) is 28.8 Å². The maximum atomic E-state index is 13.4. The largest absolute Gasteiger partial charge is 0.497 e. The summed E-state index contributed by atoms with van der Waals surface area (Å²) in [5, 5.41) is 5.05. The number of ether oxygens (including phenoxy) is 2. The van der Waals surface area contributed by atoms with E-state index < -0.39 is 11.8 Å². The number of rotatable bonds is 6. The molecule has 0 aliphatic carbocycles. The Bertz CT molecular complexity index is 1130. The minimum Gasteiger partial charge on any atom is -0.497 e. The van der Waals surface area contributed by atoms with Crippen LogP contribution in [0.15, 0.2) is 65.7 Å². The Morgan fingerprint density at radius 1 is 0.900 bits per heavy atom.